The molecule has 2 aromatic carbocycles. The van der Waals surface area contributed by atoms with Gasteiger partial charge in [-0.05, 0) is 57.5 Å². The number of nitrogens with one attached hydrogen (secondary N) is 1. The number of fused-ring (bicyclic) bond motifs is 5. The topological polar surface area (TPSA) is 178 Å². The van der Waals surface area contributed by atoms with E-state index in [-0.39, 0.29) is 53.3 Å². The van der Waals surface area contributed by atoms with Crippen molar-refractivity contribution in [3.8, 4) is 17.1 Å². The summed E-state index contributed by atoms with van der Waals surface area (Å²) in [5.74, 6) is -1.76. The van der Waals surface area contributed by atoms with Crippen molar-refractivity contribution >= 4 is 40.5 Å². The average Bonchev–Trinajstić information content (AvgIpc) is 3.35. The van der Waals surface area contributed by atoms with E-state index in [9.17, 15) is 29.3 Å². The molecule has 4 aromatic rings. The molecule has 15 heteroatoms. The molecule has 2 aromatic heterocycles. The molecule has 0 radical (unpaired) electrons. The van der Waals surface area contributed by atoms with Crippen LogP contribution in [0.4, 0.5) is 25.4 Å². The molecule has 2 aliphatic heterocycles. The van der Waals surface area contributed by atoms with Gasteiger partial charge in [-0.1, -0.05) is 6.92 Å². The summed E-state index contributed by atoms with van der Waals surface area (Å²) in [5.41, 5.74) is -2.01. The molecule has 1 N–H and O–H groups in total. The summed E-state index contributed by atoms with van der Waals surface area (Å²) in [5, 5.41) is 13.8. The summed E-state index contributed by atoms with van der Waals surface area (Å²) in [6.45, 7) is 6.33. The van der Waals surface area contributed by atoms with Gasteiger partial charge in [-0.3, -0.25) is 20.2 Å². The van der Waals surface area contributed by atoms with Crippen LogP contribution in [-0.2, 0) is 37.8 Å². The third-order valence-corrected chi connectivity index (χ3v) is 7.71. The number of anilines is 1. The summed E-state index contributed by atoms with van der Waals surface area (Å²) in [4.78, 5) is 67.1. The summed E-state index contributed by atoms with van der Waals surface area (Å²) in [6.07, 6.45) is -2.26. The van der Waals surface area contributed by atoms with Gasteiger partial charge in [0.25, 0.3) is 11.2 Å². The number of aromatic nitrogens is 2. The summed E-state index contributed by atoms with van der Waals surface area (Å²) in [7, 11) is 0. The maximum Gasteiger partial charge on any atom is 0.515 e. The largest absolute Gasteiger partial charge is 0.515 e. The van der Waals surface area contributed by atoms with Crippen LogP contribution in [0.5, 0.6) is 5.75 Å². The molecule has 4 heterocycles. The monoisotopic (exact) mass is 646 g/mol. The number of rotatable bonds is 5. The number of ether oxygens (including phenoxy) is 4. The predicted octanol–water partition coefficient (Wildman–Crippen LogP) is 5.70. The second-order valence-corrected chi connectivity index (χ2v) is 11.9. The number of cyclic esters (lactones) is 1. The fraction of sp³-hybridized carbons (Fsp3) is 0.281. The zero-order chi connectivity index (χ0) is 33.8. The van der Waals surface area contributed by atoms with Crippen molar-refractivity contribution in [3.05, 3.63) is 91.5 Å². The van der Waals surface area contributed by atoms with Crippen molar-refractivity contribution in [2.45, 2.75) is 58.5 Å². The standard InChI is InChI=1S/C32H27FN4O10/c1-5-32(47-30(41)45-19-8-6-18(7-9-19)37(42)43)21-12-25-26-17(14-36(25)27(38)20(21)15-44-28(32)39)10-16-11-24(22(33)13-23(16)34-26)35-29(40)46-31(2,3)4/h6-13H,5,14-15H2,1-4H3,(H,35,40)/t32-/m0/s1. The summed E-state index contributed by atoms with van der Waals surface area (Å²) < 4.78 is 37.8. The Bertz CT molecular complexity index is 2070. The molecule has 0 spiro atoms. The van der Waals surface area contributed by atoms with E-state index in [1.807, 2.05) is 0 Å². The number of carbonyl (C=O) groups excluding carboxylic acids is 3. The quantitative estimate of drug-likeness (QED) is 0.0814. The average molecular weight is 647 g/mol. The van der Waals surface area contributed by atoms with Crippen LogP contribution < -0.4 is 15.6 Å². The fourth-order valence-corrected chi connectivity index (χ4v) is 5.57. The molecule has 0 bridgehead atoms. The first-order valence-electron chi connectivity index (χ1n) is 14.4. The molecule has 0 saturated heterocycles. The van der Waals surface area contributed by atoms with Gasteiger partial charge in [-0.25, -0.2) is 23.8 Å². The van der Waals surface area contributed by atoms with Crippen molar-refractivity contribution in [2.24, 2.45) is 0 Å². The third kappa shape index (κ3) is 5.60. The number of nitrogens with zero attached hydrogens (tertiary/aromatic N) is 3. The number of esters is 1. The van der Waals surface area contributed by atoms with Gasteiger partial charge in [0, 0.05) is 34.7 Å². The zero-order valence-corrected chi connectivity index (χ0v) is 25.5. The van der Waals surface area contributed by atoms with Crippen LogP contribution in [0.25, 0.3) is 22.3 Å². The maximum absolute atomic E-state index is 15.1. The molecule has 2 aliphatic rings. The first kappa shape index (κ1) is 31.1. The highest BCUT2D eigenvalue weighted by Crippen LogP contribution is 2.41. The molecule has 1 atom stereocenters. The molecular weight excluding hydrogens is 619 g/mol. The molecule has 242 valence electrons. The number of carbonyl (C=O) groups is 3. The first-order chi connectivity index (χ1) is 22.2. The molecule has 1 amide bonds. The van der Waals surface area contributed by atoms with E-state index in [4.69, 9.17) is 18.9 Å². The van der Waals surface area contributed by atoms with E-state index in [1.165, 1.54) is 28.8 Å². The molecule has 0 fully saturated rings. The van der Waals surface area contributed by atoms with E-state index >= 15 is 4.39 Å². The second kappa shape index (κ2) is 11.2. The Morgan fingerprint density at radius 3 is 2.53 bits per heavy atom. The zero-order valence-electron chi connectivity index (χ0n) is 25.5. The lowest BCUT2D eigenvalue weighted by Crippen LogP contribution is -2.47. The van der Waals surface area contributed by atoms with Gasteiger partial charge in [-0.15, -0.1) is 0 Å². The number of nitro groups is 1. The van der Waals surface area contributed by atoms with Gasteiger partial charge in [-0.2, -0.15) is 0 Å². The van der Waals surface area contributed by atoms with Crippen molar-refractivity contribution in [2.75, 3.05) is 5.32 Å². The number of nitro benzene ring substituents is 1. The molecule has 14 nitrogen and oxygen atoms in total. The van der Waals surface area contributed by atoms with Crippen LogP contribution in [0.3, 0.4) is 0 Å². The Morgan fingerprint density at radius 1 is 1.15 bits per heavy atom. The second-order valence-electron chi connectivity index (χ2n) is 11.9. The van der Waals surface area contributed by atoms with Crippen LogP contribution in [0.1, 0.15) is 50.8 Å². The highest BCUT2D eigenvalue weighted by molar-refractivity contribution is 5.92. The Kier molecular flexibility index (Phi) is 7.41. The minimum Gasteiger partial charge on any atom is -0.457 e. The highest BCUT2D eigenvalue weighted by atomic mass is 19.1. The van der Waals surface area contributed by atoms with Crippen LogP contribution >= 0.6 is 0 Å². The molecule has 47 heavy (non-hydrogen) atoms. The lowest BCUT2D eigenvalue weighted by atomic mass is 9.85. The molecule has 0 saturated carbocycles. The number of benzene rings is 2. The van der Waals surface area contributed by atoms with E-state index in [1.54, 1.807) is 33.8 Å². The van der Waals surface area contributed by atoms with E-state index in [0.717, 1.165) is 18.2 Å². The van der Waals surface area contributed by atoms with Crippen LogP contribution in [0.15, 0.2) is 53.3 Å². The van der Waals surface area contributed by atoms with Crippen LogP contribution in [-0.4, -0.2) is 38.3 Å². The van der Waals surface area contributed by atoms with Crippen LogP contribution in [0.2, 0.25) is 0 Å². The third-order valence-electron chi connectivity index (χ3n) is 7.71. The van der Waals surface area contributed by atoms with E-state index < -0.39 is 45.7 Å². The molecule has 0 aliphatic carbocycles. The van der Waals surface area contributed by atoms with E-state index in [0.29, 0.717) is 22.3 Å². The van der Waals surface area contributed by atoms with Gasteiger partial charge in [0.05, 0.1) is 39.6 Å². The predicted molar refractivity (Wildman–Crippen MR) is 162 cm³/mol. The maximum atomic E-state index is 15.1. The molecule has 0 unspecified atom stereocenters. The van der Waals surface area contributed by atoms with Crippen molar-refractivity contribution < 1.29 is 42.6 Å². The summed E-state index contributed by atoms with van der Waals surface area (Å²) in [6, 6.07) is 10.4. The Morgan fingerprint density at radius 2 is 1.87 bits per heavy atom. The number of hydrogen-bond donors (Lipinski definition) is 1. The SMILES string of the molecule is CC[C@@]1(OC(=O)Oc2ccc([N+](=O)[O-])cc2)C(=O)OCc2c1cc1n(c2=O)Cc2cc3cc(NC(=O)OC(C)(C)C)c(F)cc3nc2-1. The Hall–Kier alpha value is -5.86. The minimum absolute atomic E-state index is 0.0769. The van der Waals surface area contributed by atoms with Crippen molar-refractivity contribution in [3.63, 3.8) is 0 Å². The van der Waals surface area contributed by atoms with E-state index in [2.05, 4.69) is 10.3 Å². The Labute approximate surface area is 265 Å². The van der Waals surface area contributed by atoms with Gasteiger partial charge in [0.15, 0.2) is 0 Å². The fourth-order valence-electron chi connectivity index (χ4n) is 5.57. The lowest BCUT2D eigenvalue weighted by Gasteiger charge is -2.35. The van der Waals surface area contributed by atoms with Gasteiger partial charge in [0.1, 0.15) is 23.8 Å². The number of hydrogen-bond acceptors (Lipinski definition) is 11. The van der Waals surface area contributed by atoms with Crippen molar-refractivity contribution in [1.29, 1.82) is 0 Å². The number of amides is 1. The normalized spacial score (nSPS) is 16.4. The number of halogens is 1. The smallest absolute Gasteiger partial charge is 0.457 e. The van der Waals surface area contributed by atoms with Gasteiger partial charge >= 0.3 is 18.2 Å². The molecular formula is C32H27FN4O10. The van der Waals surface area contributed by atoms with Crippen LogP contribution in [0, 0.1) is 15.9 Å². The minimum atomic E-state index is -2.06. The number of pyridine rings is 2. The van der Waals surface area contributed by atoms with Gasteiger partial charge < -0.3 is 23.5 Å². The lowest BCUT2D eigenvalue weighted by molar-refractivity contribution is -0.384. The Balaban J connectivity index is 1.36. The van der Waals surface area contributed by atoms with Crippen molar-refractivity contribution in [1.82, 2.24) is 9.55 Å². The molecule has 6 rings (SSSR count). The van der Waals surface area contributed by atoms with Gasteiger partial charge in [0.2, 0.25) is 5.60 Å². The highest BCUT2D eigenvalue weighted by Gasteiger charge is 2.51. The summed E-state index contributed by atoms with van der Waals surface area (Å²) >= 11 is 0. The first-order valence-corrected chi connectivity index (χ1v) is 14.4. The number of non-ortho nitro benzene ring substituents is 1.